The van der Waals surface area contributed by atoms with Crippen LogP contribution in [0.4, 0.5) is 0 Å². The summed E-state index contributed by atoms with van der Waals surface area (Å²) in [5, 5.41) is 11.1. The van der Waals surface area contributed by atoms with E-state index >= 15 is 0 Å². The van der Waals surface area contributed by atoms with Gasteiger partial charge in [0.15, 0.2) is 11.7 Å². The maximum Gasteiger partial charge on any atom is 0.312 e. The topological polar surface area (TPSA) is 152 Å². The normalized spacial score (nSPS) is 39.6. The van der Waals surface area contributed by atoms with Crippen LogP contribution in [-0.4, -0.2) is 76.5 Å². The van der Waals surface area contributed by atoms with Crippen LogP contribution < -0.4 is 0 Å². The molecule has 12 heteroatoms. The summed E-state index contributed by atoms with van der Waals surface area (Å²) in [6.45, 7) is 16.0. The summed E-state index contributed by atoms with van der Waals surface area (Å²) < 4.78 is 28.5. The molecule has 0 aromatic rings. The summed E-state index contributed by atoms with van der Waals surface area (Å²) in [6, 6.07) is 0. The van der Waals surface area contributed by atoms with Crippen molar-refractivity contribution in [1.82, 2.24) is 0 Å². The Balaban J connectivity index is 2.42. The minimum Gasteiger partial charge on any atom is -0.462 e. The van der Waals surface area contributed by atoms with E-state index in [1.807, 2.05) is 0 Å². The molecule has 0 radical (unpaired) electrons. The smallest absolute Gasteiger partial charge is 0.312 e. The highest BCUT2D eigenvalue weighted by atomic mass is 35.5. The quantitative estimate of drug-likeness (QED) is 0.224. The fourth-order valence-corrected chi connectivity index (χ4v) is 6.89. The molecule has 11 nitrogen and oxygen atoms in total. The lowest BCUT2D eigenvalue weighted by Crippen LogP contribution is -2.67. The molecule has 1 saturated heterocycles. The molecule has 0 aromatic heterocycles. The van der Waals surface area contributed by atoms with Crippen LogP contribution in [0.1, 0.15) is 60.8 Å². The van der Waals surface area contributed by atoms with Crippen LogP contribution in [0.5, 0.6) is 0 Å². The molecule has 0 bridgehead atoms. The molecule has 3 aliphatic rings. The number of fused-ring (bicyclic) bond motifs is 2. The molecule has 0 amide bonds. The lowest BCUT2D eigenvalue weighted by atomic mass is 9.54. The Bertz CT molecular complexity index is 1120. The van der Waals surface area contributed by atoms with Crippen molar-refractivity contribution in [2.75, 3.05) is 0 Å². The van der Waals surface area contributed by atoms with E-state index in [0.717, 1.165) is 6.92 Å². The second-order valence-electron chi connectivity index (χ2n) is 11.0. The molecule has 1 aliphatic heterocycles. The second kappa shape index (κ2) is 11.5. The van der Waals surface area contributed by atoms with E-state index in [2.05, 4.69) is 13.2 Å². The number of hydrogen-bond acceptors (Lipinski definition) is 11. The van der Waals surface area contributed by atoms with Gasteiger partial charge in [0.2, 0.25) is 0 Å². The van der Waals surface area contributed by atoms with Crippen molar-refractivity contribution in [3.63, 3.8) is 0 Å². The molecule has 40 heavy (non-hydrogen) atoms. The number of alkyl halides is 1. The molecule has 1 N–H and O–H groups in total. The number of halogens is 1. The predicted molar refractivity (Wildman–Crippen MR) is 140 cm³/mol. The van der Waals surface area contributed by atoms with Gasteiger partial charge in [-0.05, 0) is 25.3 Å². The first-order chi connectivity index (χ1) is 18.5. The van der Waals surface area contributed by atoms with E-state index in [0.29, 0.717) is 5.57 Å². The van der Waals surface area contributed by atoms with E-state index < -0.39 is 88.6 Å². The number of rotatable bonds is 4. The molecule has 2 aliphatic carbocycles. The molecule has 0 spiro atoms. The summed E-state index contributed by atoms with van der Waals surface area (Å²) in [4.78, 5) is 62.4. The van der Waals surface area contributed by atoms with Crippen LogP contribution in [0.2, 0.25) is 0 Å². The van der Waals surface area contributed by atoms with Gasteiger partial charge >= 0.3 is 29.8 Å². The van der Waals surface area contributed by atoms with Gasteiger partial charge in [-0.25, -0.2) is 0 Å². The van der Waals surface area contributed by atoms with Crippen LogP contribution in [0, 0.1) is 17.3 Å². The zero-order valence-corrected chi connectivity index (χ0v) is 24.3. The number of esters is 5. The first-order valence-electron chi connectivity index (χ1n) is 13.1. The zero-order chi connectivity index (χ0) is 30.3. The molecule has 3 rings (SSSR count). The Morgan fingerprint density at radius 2 is 1.48 bits per heavy atom. The van der Waals surface area contributed by atoms with Crippen LogP contribution >= 0.6 is 11.6 Å². The van der Waals surface area contributed by atoms with Crippen molar-refractivity contribution < 1.29 is 52.8 Å². The number of aliphatic hydroxyl groups is 1. The number of hydrogen-bond donors (Lipinski definition) is 1. The molecule has 2 saturated carbocycles. The molecular weight excluding hydrogens is 548 g/mol. The van der Waals surface area contributed by atoms with Gasteiger partial charge in [-0.1, -0.05) is 25.7 Å². The maximum atomic E-state index is 13.0. The number of carbonyl (C=O) groups excluding carboxylic acids is 5. The molecule has 222 valence electrons. The van der Waals surface area contributed by atoms with Crippen molar-refractivity contribution in [3.8, 4) is 0 Å². The van der Waals surface area contributed by atoms with Crippen molar-refractivity contribution in [3.05, 3.63) is 24.3 Å². The Labute approximate surface area is 238 Å². The van der Waals surface area contributed by atoms with Crippen LogP contribution in [0.3, 0.4) is 0 Å². The Morgan fingerprint density at radius 3 is 2.00 bits per heavy atom. The van der Waals surface area contributed by atoms with Gasteiger partial charge in [-0.15, -0.1) is 11.6 Å². The summed E-state index contributed by atoms with van der Waals surface area (Å²) in [7, 11) is 0. The SMILES string of the molecule is C=C1CC[C@H](OC(C)=O)[C@]2(C)[C@@H](OC(C)=O)C[C@@H](OC(C)=O)C(=C)[C@H](Cl)[C@@H]3OC(=O)[C@H](C)[C@@]3(O)[C@@H](OC(C)=O)[C@@H]12. The van der Waals surface area contributed by atoms with Gasteiger partial charge in [0.25, 0.3) is 0 Å². The van der Waals surface area contributed by atoms with Gasteiger partial charge in [0.1, 0.15) is 24.4 Å². The van der Waals surface area contributed by atoms with Gasteiger partial charge < -0.3 is 28.8 Å². The van der Waals surface area contributed by atoms with E-state index in [-0.39, 0.29) is 24.8 Å². The molecular formula is C28H37ClO11. The zero-order valence-electron chi connectivity index (χ0n) is 23.6. The van der Waals surface area contributed by atoms with Crippen LogP contribution in [-0.2, 0) is 47.7 Å². The Kier molecular flexibility index (Phi) is 9.10. The van der Waals surface area contributed by atoms with Gasteiger partial charge in [0.05, 0.1) is 16.7 Å². The first kappa shape index (κ1) is 31.6. The molecule has 1 heterocycles. The third-order valence-corrected chi connectivity index (χ3v) is 8.92. The number of ether oxygens (including phenoxy) is 5. The van der Waals surface area contributed by atoms with E-state index in [1.54, 1.807) is 6.92 Å². The minimum atomic E-state index is -2.25. The lowest BCUT2D eigenvalue weighted by molar-refractivity contribution is -0.225. The highest BCUT2D eigenvalue weighted by Gasteiger charge is 2.69. The van der Waals surface area contributed by atoms with Crippen LogP contribution in [0.25, 0.3) is 0 Å². The van der Waals surface area contributed by atoms with Gasteiger partial charge in [-0.2, -0.15) is 0 Å². The third-order valence-electron chi connectivity index (χ3n) is 8.41. The first-order valence-corrected chi connectivity index (χ1v) is 13.5. The third kappa shape index (κ3) is 5.50. The van der Waals surface area contributed by atoms with Gasteiger partial charge in [0, 0.05) is 40.0 Å². The number of carbonyl (C=O) groups is 5. The summed E-state index contributed by atoms with van der Waals surface area (Å²) in [5.41, 5.74) is -3.12. The highest BCUT2D eigenvalue weighted by Crippen LogP contribution is 2.57. The molecule has 0 unspecified atom stereocenters. The second-order valence-corrected chi connectivity index (χ2v) is 11.5. The van der Waals surface area contributed by atoms with Gasteiger partial charge in [-0.3, -0.25) is 24.0 Å². The summed E-state index contributed by atoms with van der Waals surface area (Å²) in [6.07, 6.45) is -5.88. The largest absolute Gasteiger partial charge is 0.462 e. The van der Waals surface area contributed by atoms with Crippen LogP contribution in [0.15, 0.2) is 24.3 Å². The predicted octanol–water partition coefficient (Wildman–Crippen LogP) is 2.55. The maximum absolute atomic E-state index is 13.0. The summed E-state index contributed by atoms with van der Waals surface area (Å²) >= 11 is 6.80. The van der Waals surface area contributed by atoms with E-state index in [4.69, 9.17) is 35.3 Å². The van der Waals surface area contributed by atoms with Crippen molar-refractivity contribution in [1.29, 1.82) is 0 Å². The summed E-state index contributed by atoms with van der Waals surface area (Å²) in [5.74, 6) is -5.88. The lowest BCUT2D eigenvalue weighted by Gasteiger charge is -2.56. The standard InChI is InChI=1S/C28H37ClO11/c1-12-9-10-20(37-16(5)31)27(8)21(38-17(6)32)11-19(36-15(4)30)13(2)23(29)25-28(35,14(3)26(34)40-25)24(22(12)27)39-18(7)33/h14,19-25,35H,1-2,9-11H2,3-8H3/t14-,19+,20-,21-,22+,23-,24-,25-,27+,28+/m0/s1. The monoisotopic (exact) mass is 584 g/mol. The minimum absolute atomic E-state index is 0.0571. The Morgan fingerprint density at radius 1 is 0.950 bits per heavy atom. The molecule has 0 aromatic carbocycles. The average Bonchev–Trinajstić information content (AvgIpc) is 3.06. The molecule has 10 atom stereocenters. The van der Waals surface area contributed by atoms with Crippen molar-refractivity contribution >= 4 is 41.4 Å². The van der Waals surface area contributed by atoms with E-state index in [9.17, 15) is 29.1 Å². The molecule has 3 fully saturated rings. The van der Waals surface area contributed by atoms with Crippen molar-refractivity contribution in [2.24, 2.45) is 17.3 Å². The highest BCUT2D eigenvalue weighted by molar-refractivity contribution is 6.23. The fraction of sp³-hybridized carbons (Fsp3) is 0.679. The average molecular weight is 585 g/mol. The Hall–Kier alpha value is -2.92. The van der Waals surface area contributed by atoms with E-state index in [1.165, 1.54) is 27.7 Å². The fourth-order valence-electron chi connectivity index (χ4n) is 6.50. The van der Waals surface area contributed by atoms with Crippen molar-refractivity contribution in [2.45, 2.75) is 102 Å².